The first-order valence-electron chi connectivity index (χ1n) is 8.02. The molecular weight excluding hydrogens is 412 g/mol. The smallest absolute Gasteiger partial charge is 0.265 e. The number of phenols is 1. The number of rotatable bonds is 4. The number of aromatic hydroxyl groups is 1. The first kappa shape index (κ1) is 17.2. The molecule has 0 atom stereocenters. The van der Waals surface area contributed by atoms with Gasteiger partial charge in [0.1, 0.15) is 5.52 Å². The Morgan fingerprint density at radius 1 is 1.26 bits per heavy atom. The summed E-state index contributed by atoms with van der Waals surface area (Å²) in [7, 11) is 3.42. The van der Waals surface area contributed by atoms with Crippen LogP contribution >= 0.6 is 15.9 Å². The van der Waals surface area contributed by atoms with Gasteiger partial charge in [0.2, 0.25) is 0 Å². The SMILES string of the molecule is COc1cc(/C=N/Nc2nnc3c4ccccc4n(C)c3n2)cc(Br)c1O. The number of phenolic OH excluding ortho intramolecular Hbond substituents is 1. The maximum absolute atomic E-state index is 9.85. The Kier molecular flexibility index (Phi) is 4.36. The molecule has 8 nitrogen and oxygen atoms in total. The van der Waals surface area contributed by atoms with Gasteiger partial charge in [0.05, 0.1) is 23.3 Å². The summed E-state index contributed by atoms with van der Waals surface area (Å²) in [5.74, 6) is 0.673. The van der Waals surface area contributed by atoms with E-state index in [0.29, 0.717) is 10.2 Å². The fourth-order valence-electron chi connectivity index (χ4n) is 2.84. The average molecular weight is 427 g/mol. The summed E-state index contributed by atoms with van der Waals surface area (Å²) in [6.45, 7) is 0. The lowest BCUT2D eigenvalue weighted by Crippen LogP contribution is -2.01. The number of para-hydroxylation sites is 1. The first-order chi connectivity index (χ1) is 13.1. The third-order valence-electron chi connectivity index (χ3n) is 4.16. The first-order valence-corrected chi connectivity index (χ1v) is 8.81. The molecule has 4 rings (SSSR count). The number of methoxy groups -OCH3 is 1. The molecule has 136 valence electrons. The Bertz CT molecular complexity index is 1190. The van der Waals surface area contributed by atoms with Crippen molar-refractivity contribution in [3.8, 4) is 11.5 Å². The van der Waals surface area contributed by atoms with E-state index in [1.165, 1.54) is 7.11 Å². The van der Waals surface area contributed by atoms with E-state index in [4.69, 9.17) is 4.74 Å². The van der Waals surface area contributed by atoms with Crippen molar-refractivity contribution in [2.24, 2.45) is 12.1 Å². The Labute approximate surface area is 162 Å². The molecule has 2 aromatic heterocycles. The summed E-state index contributed by atoms with van der Waals surface area (Å²) in [5.41, 5.74) is 6.01. The number of halogens is 1. The Morgan fingerprint density at radius 3 is 2.89 bits per heavy atom. The van der Waals surface area contributed by atoms with Crippen molar-refractivity contribution in [2.45, 2.75) is 0 Å². The summed E-state index contributed by atoms with van der Waals surface area (Å²) in [4.78, 5) is 4.50. The van der Waals surface area contributed by atoms with Crippen LogP contribution in [0.2, 0.25) is 0 Å². The highest BCUT2D eigenvalue weighted by Crippen LogP contribution is 2.34. The van der Waals surface area contributed by atoms with E-state index in [2.05, 4.69) is 41.6 Å². The number of hydrazone groups is 1. The van der Waals surface area contributed by atoms with Gasteiger partial charge in [-0.15, -0.1) is 10.2 Å². The minimum atomic E-state index is 0.0383. The van der Waals surface area contributed by atoms with Crippen LogP contribution in [-0.4, -0.2) is 38.2 Å². The molecule has 2 N–H and O–H groups in total. The van der Waals surface area contributed by atoms with Gasteiger partial charge in [0, 0.05) is 12.4 Å². The number of hydrogen-bond acceptors (Lipinski definition) is 7. The molecule has 0 unspecified atom stereocenters. The quantitative estimate of drug-likeness (QED) is 0.383. The minimum absolute atomic E-state index is 0.0383. The largest absolute Gasteiger partial charge is 0.503 e. The summed E-state index contributed by atoms with van der Waals surface area (Å²) in [5, 5.41) is 23.4. The lowest BCUT2D eigenvalue weighted by atomic mass is 10.2. The molecule has 0 fully saturated rings. The van der Waals surface area contributed by atoms with Gasteiger partial charge < -0.3 is 14.4 Å². The molecule has 0 spiro atoms. The van der Waals surface area contributed by atoms with E-state index < -0.39 is 0 Å². The zero-order valence-electron chi connectivity index (χ0n) is 14.5. The van der Waals surface area contributed by atoms with Gasteiger partial charge in [-0.3, -0.25) is 0 Å². The molecule has 2 aromatic carbocycles. The molecule has 0 aliphatic rings. The fourth-order valence-corrected chi connectivity index (χ4v) is 3.30. The molecule has 27 heavy (non-hydrogen) atoms. The maximum atomic E-state index is 9.85. The topological polar surface area (TPSA) is 97.5 Å². The van der Waals surface area contributed by atoms with Crippen molar-refractivity contribution >= 4 is 50.2 Å². The van der Waals surface area contributed by atoms with Gasteiger partial charge in [-0.1, -0.05) is 18.2 Å². The Morgan fingerprint density at radius 2 is 2.07 bits per heavy atom. The van der Waals surface area contributed by atoms with Crippen molar-refractivity contribution in [3.63, 3.8) is 0 Å². The third-order valence-corrected chi connectivity index (χ3v) is 4.76. The molecule has 0 aliphatic carbocycles. The predicted octanol–water partition coefficient (Wildman–Crippen LogP) is 3.44. The van der Waals surface area contributed by atoms with E-state index >= 15 is 0 Å². The van der Waals surface area contributed by atoms with E-state index in [1.807, 2.05) is 35.9 Å². The molecule has 0 radical (unpaired) electrons. The van der Waals surface area contributed by atoms with Gasteiger partial charge in [-0.2, -0.15) is 10.1 Å². The molecule has 0 amide bonds. The van der Waals surface area contributed by atoms with Gasteiger partial charge in [-0.25, -0.2) is 5.43 Å². The number of nitrogens with one attached hydrogen (secondary N) is 1. The van der Waals surface area contributed by atoms with Crippen LogP contribution in [0.25, 0.3) is 22.1 Å². The van der Waals surface area contributed by atoms with Gasteiger partial charge in [0.15, 0.2) is 17.1 Å². The second kappa shape index (κ2) is 6.84. The van der Waals surface area contributed by atoms with E-state index in [9.17, 15) is 5.11 Å². The van der Waals surface area contributed by atoms with Crippen LogP contribution < -0.4 is 10.2 Å². The number of hydrogen-bond donors (Lipinski definition) is 2. The van der Waals surface area contributed by atoms with Crippen LogP contribution in [0.5, 0.6) is 11.5 Å². The Balaban J connectivity index is 1.63. The van der Waals surface area contributed by atoms with Gasteiger partial charge >= 0.3 is 0 Å². The van der Waals surface area contributed by atoms with E-state index in [0.717, 1.165) is 27.6 Å². The van der Waals surface area contributed by atoms with Crippen LogP contribution in [0.4, 0.5) is 5.95 Å². The zero-order valence-corrected chi connectivity index (χ0v) is 16.1. The number of aryl methyl sites for hydroxylation is 1. The van der Waals surface area contributed by atoms with Crippen LogP contribution in [0.15, 0.2) is 46.0 Å². The van der Waals surface area contributed by atoms with E-state index in [1.54, 1.807) is 18.3 Å². The van der Waals surface area contributed by atoms with Crippen molar-refractivity contribution in [1.29, 1.82) is 0 Å². The summed E-state index contributed by atoms with van der Waals surface area (Å²) in [6, 6.07) is 11.3. The minimum Gasteiger partial charge on any atom is -0.503 e. The number of aromatic nitrogens is 4. The number of anilines is 1. The summed E-state index contributed by atoms with van der Waals surface area (Å²) in [6.07, 6.45) is 1.57. The van der Waals surface area contributed by atoms with Gasteiger partial charge in [-0.05, 0) is 39.7 Å². The highest BCUT2D eigenvalue weighted by molar-refractivity contribution is 9.10. The number of benzene rings is 2. The lowest BCUT2D eigenvalue weighted by Gasteiger charge is -2.06. The number of nitrogens with zero attached hydrogens (tertiary/aromatic N) is 5. The molecule has 0 aliphatic heterocycles. The highest BCUT2D eigenvalue weighted by Gasteiger charge is 2.12. The molecule has 2 heterocycles. The van der Waals surface area contributed by atoms with Crippen LogP contribution in [0, 0.1) is 0 Å². The number of fused-ring (bicyclic) bond motifs is 3. The summed E-state index contributed by atoms with van der Waals surface area (Å²) < 4.78 is 7.60. The third kappa shape index (κ3) is 3.06. The second-order valence-electron chi connectivity index (χ2n) is 5.81. The lowest BCUT2D eigenvalue weighted by molar-refractivity contribution is 0.372. The molecular formula is C18H15BrN6O2. The average Bonchev–Trinajstić information content (AvgIpc) is 2.97. The standard InChI is InChI=1S/C18H15BrN6O2/c1-25-13-6-4-3-5-11(13)15-17(25)21-18(24-22-15)23-20-9-10-7-12(19)16(26)14(8-10)27-2/h3-9,26H,1-2H3,(H,21,23,24)/b20-9+. The normalized spacial score (nSPS) is 11.5. The number of ether oxygens (including phenoxy) is 1. The molecule has 0 saturated carbocycles. The fraction of sp³-hybridized carbons (Fsp3) is 0.111. The van der Waals surface area contributed by atoms with Crippen LogP contribution in [-0.2, 0) is 7.05 Å². The second-order valence-corrected chi connectivity index (χ2v) is 6.66. The van der Waals surface area contributed by atoms with Crippen molar-refractivity contribution in [1.82, 2.24) is 19.7 Å². The monoisotopic (exact) mass is 426 g/mol. The van der Waals surface area contributed by atoms with Gasteiger partial charge in [0.25, 0.3) is 5.95 Å². The Hall–Kier alpha value is -3.20. The van der Waals surface area contributed by atoms with Crippen molar-refractivity contribution in [3.05, 3.63) is 46.4 Å². The van der Waals surface area contributed by atoms with Crippen LogP contribution in [0.1, 0.15) is 5.56 Å². The summed E-state index contributed by atoms with van der Waals surface area (Å²) >= 11 is 3.28. The zero-order chi connectivity index (χ0) is 19.0. The predicted molar refractivity (Wildman–Crippen MR) is 107 cm³/mol. The molecule has 4 aromatic rings. The molecule has 0 saturated heterocycles. The molecule has 0 bridgehead atoms. The van der Waals surface area contributed by atoms with Crippen molar-refractivity contribution in [2.75, 3.05) is 12.5 Å². The maximum Gasteiger partial charge on any atom is 0.265 e. The molecule has 9 heteroatoms. The van der Waals surface area contributed by atoms with E-state index in [-0.39, 0.29) is 11.7 Å². The highest BCUT2D eigenvalue weighted by atomic mass is 79.9. The van der Waals surface area contributed by atoms with Crippen LogP contribution in [0.3, 0.4) is 0 Å². The van der Waals surface area contributed by atoms with Crippen molar-refractivity contribution < 1.29 is 9.84 Å².